The summed E-state index contributed by atoms with van der Waals surface area (Å²) in [7, 11) is 0. The van der Waals surface area contributed by atoms with E-state index >= 15 is 0 Å². The highest BCUT2D eigenvalue weighted by Crippen LogP contribution is 2.31. The van der Waals surface area contributed by atoms with Crippen LogP contribution in [-0.4, -0.2) is 26.9 Å². The summed E-state index contributed by atoms with van der Waals surface area (Å²) in [4.78, 5) is 34.5. The fourth-order valence-corrected chi connectivity index (χ4v) is 5.37. The maximum Gasteiger partial charge on any atom is 0.266 e. The lowest BCUT2D eigenvalue weighted by molar-refractivity contribution is -0.137. The van der Waals surface area contributed by atoms with Gasteiger partial charge in [0.1, 0.15) is 5.82 Å². The first-order chi connectivity index (χ1) is 17.1. The molecule has 0 aliphatic heterocycles. The third-order valence-corrected chi connectivity index (χ3v) is 7.37. The summed E-state index contributed by atoms with van der Waals surface area (Å²) in [5.74, 6) is 0.901. The van der Waals surface area contributed by atoms with Gasteiger partial charge in [0, 0.05) is 12.5 Å². The van der Waals surface area contributed by atoms with Gasteiger partial charge in [0.15, 0.2) is 0 Å². The van der Waals surface area contributed by atoms with Crippen molar-refractivity contribution >= 4 is 27.6 Å². The fraction of sp³-hybridized carbons (Fsp3) is 0.367. The molecule has 3 aromatic carbocycles. The highest BCUT2D eigenvalue weighted by molar-refractivity contribution is 5.85. The maximum atomic E-state index is 13.9. The van der Waals surface area contributed by atoms with E-state index in [-0.39, 0.29) is 23.4 Å². The number of benzene rings is 3. The van der Waals surface area contributed by atoms with Crippen molar-refractivity contribution in [2.75, 3.05) is 6.54 Å². The van der Waals surface area contributed by atoms with Gasteiger partial charge in [-0.3, -0.25) is 14.2 Å². The van der Waals surface area contributed by atoms with E-state index in [4.69, 9.17) is 4.98 Å². The number of unbranched alkanes of at least 4 members (excludes halogenated alkanes) is 1. The summed E-state index contributed by atoms with van der Waals surface area (Å²) < 4.78 is 1.72. The molecule has 1 saturated carbocycles. The minimum absolute atomic E-state index is 0.0793. The molecule has 180 valence electrons. The molecule has 0 N–H and O–H groups in total. The van der Waals surface area contributed by atoms with Crippen LogP contribution < -0.4 is 5.56 Å². The Labute approximate surface area is 206 Å². The summed E-state index contributed by atoms with van der Waals surface area (Å²) in [6.45, 7) is 4.84. The van der Waals surface area contributed by atoms with Crippen LogP contribution in [-0.2, 0) is 4.79 Å². The SMILES string of the molecule is CCCCN(C(=O)C1CCCC1)C(C)c1nc2ccccc2c(=O)n1-c1ccc2ccccc2c1. The van der Waals surface area contributed by atoms with E-state index in [2.05, 4.69) is 19.1 Å². The van der Waals surface area contributed by atoms with Gasteiger partial charge in [-0.25, -0.2) is 4.98 Å². The second-order valence-electron chi connectivity index (χ2n) is 9.70. The largest absolute Gasteiger partial charge is 0.333 e. The predicted molar refractivity (Wildman–Crippen MR) is 142 cm³/mol. The van der Waals surface area contributed by atoms with E-state index in [1.54, 1.807) is 4.57 Å². The Balaban J connectivity index is 1.68. The zero-order chi connectivity index (χ0) is 24.4. The zero-order valence-electron chi connectivity index (χ0n) is 20.6. The highest BCUT2D eigenvalue weighted by Gasteiger charge is 2.32. The van der Waals surface area contributed by atoms with E-state index in [0.29, 0.717) is 23.3 Å². The molecule has 1 fully saturated rings. The number of nitrogens with zero attached hydrogens (tertiary/aromatic N) is 3. The second-order valence-corrected chi connectivity index (χ2v) is 9.70. The maximum absolute atomic E-state index is 13.9. The molecule has 0 radical (unpaired) electrons. The zero-order valence-corrected chi connectivity index (χ0v) is 20.6. The highest BCUT2D eigenvalue weighted by atomic mass is 16.2. The summed E-state index contributed by atoms with van der Waals surface area (Å²) in [5.41, 5.74) is 1.34. The molecule has 0 bridgehead atoms. The number of carbonyl (C=O) groups excluding carboxylic acids is 1. The number of amides is 1. The Kier molecular flexibility index (Phi) is 6.67. The predicted octanol–water partition coefficient (Wildman–Crippen LogP) is 6.42. The van der Waals surface area contributed by atoms with Gasteiger partial charge >= 0.3 is 0 Å². The van der Waals surface area contributed by atoms with Gasteiger partial charge in [0.2, 0.25) is 5.91 Å². The van der Waals surface area contributed by atoms with Crippen molar-refractivity contribution in [3.05, 3.63) is 82.9 Å². The van der Waals surface area contributed by atoms with E-state index in [1.165, 1.54) is 0 Å². The minimum atomic E-state index is -0.321. The Morgan fingerprint density at radius 1 is 1.03 bits per heavy atom. The van der Waals surface area contributed by atoms with E-state index in [0.717, 1.165) is 55.0 Å². The van der Waals surface area contributed by atoms with Crippen LogP contribution in [0.3, 0.4) is 0 Å². The van der Waals surface area contributed by atoms with Crippen LogP contribution in [0.5, 0.6) is 0 Å². The first kappa shape index (κ1) is 23.3. The smallest absolute Gasteiger partial charge is 0.266 e. The second kappa shape index (κ2) is 10.0. The lowest BCUT2D eigenvalue weighted by Crippen LogP contribution is -2.40. The van der Waals surface area contributed by atoms with E-state index in [1.807, 2.05) is 66.4 Å². The molecule has 1 aliphatic carbocycles. The van der Waals surface area contributed by atoms with Gasteiger partial charge in [0.05, 0.1) is 22.6 Å². The summed E-state index contributed by atoms with van der Waals surface area (Å²) in [6, 6.07) is 21.4. The van der Waals surface area contributed by atoms with E-state index in [9.17, 15) is 9.59 Å². The van der Waals surface area contributed by atoms with Gasteiger partial charge < -0.3 is 4.90 Å². The van der Waals surface area contributed by atoms with Gasteiger partial charge in [-0.15, -0.1) is 0 Å². The van der Waals surface area contributed by atoms with Crippen LogP contribution in [0.25, 0.3) is 27.4 Å². The number of carbonyl (C=O) groups is 1. The number of aromatic nitrogens is 2. The van der Waals surface area contributed by atoms with Gasteiger partial charge in [-0.1, -0.05) is 68.7 Å². The number of fused-ring (bicyclic) bond motifs is 2. The molecule has 1 atom stereocenters. The van der Waals surface area contributed by atoms with Gasteiger partial charge in [-0.2, -0.15) is 0 Å². The minimum Gasteiger partial charge on any atom is -0.333 e. The average Bonchev–Trinajstić information content (AvgIpc) is 3.43. The summed E-state index contributed by atoms with van der Waals surface area (Å²) >= 11 is 0. The van der Waals surface area contributed by atoms with Crippen LogP contribution in [0.15, 0.2) is 71.5 Å². The molecule has 1 aliphatic rings. The fourth-order valence-electron chi connectivity index (χ4n) is 5.37. The summed E-state index contributed by atoms with van der Waals surface area (Å²) in [6.07, 6.45) is 6.07. The van der Waals surface area contributed by atoms with Crippen molar-refractivity contribution < 1.29 is 4.79 Å². The third-order valence-electron chi connectivity index (χ3n) is 7.37. The van der Waals surface area contributed by atoms with Crippen molar-refractivity contribution in [2.45, 2.75) is 58.4 Å². The number of hydrogen-bond donors (Lipinski definition) is 0. The first-order valence-electron chi connectivity index (χ1n) is 12.9. The third kappa shape index (κ3) is 4.47. The number of hydrogen-bond acceptors (Lipinski definition) is 3. The Hall–Kier alpha value is -3.47. The lowest BCUT2D eigenvalue weighted by Gasteiger charge is -2.32. The summed E-state index contributed by atoms with van der Waals surface area (Å²) in [5, 5.41) is 2.76. The van der Waals surface area contributed by atoms with Crippen molar-refractivity contribution in [2.24, 2.45) is 5.92 Å². The lowest BCUT2D eigenvalue weighted by atomic mass is 10.0. The molecule has 5 nitrogen and oxygen atoms in total. The average molecular weight is 468 g/mol. The molecule has 5 rings (SSSR count). The van der Waals surface area contributed by atoms with Crippen LogP contribution in [0, 0.1) is 5.92 Å². The van der Waals surface area contributed by atoms with Crippen molar-refractivity contribution in [1.82, 2.24) is 14.5 Å². The Bertz CT molecular complexity index is 1420. The topological polar surface area (TPSA) is 55.2 Å². The first-order valence-corrected chi connectivity index (χ1v) is 12.9. The van der Waals surface area contributed by atoms with Crippen molar-refractivity contribution in [3.63, 3.8) is 0 Å². The quantitative estimate of drug-likeness (QED) is 0.315. The van der Waals surface area contributed by atoms with Gasteiger partial charge in [-0.05, 0) is 61.2 Å². The number of rotatable bonds is 7. The van der Waals surface area contributed by atoms with Crippen molar-refractivity contribution in [1.29, 1.82) is 0 Å². The van der Waals surface area contributed by atoms with Crippen LogP contribution in [0.1, 0.15) is 64.2 Å². The molecule has 4 aromatic rings. The molecule has 5 heteroatoms. The monoisotopic (exact) mass is 467 g/mol. The molecule has 0 spiro atoms. The van der Waals surface area contributed by atoms with Gasteiger partial charge in [0.25, 0.3) is 5.56 Å². The number of para-hydroxylation sites is 1. The molecule has 35 heavy (non-hydrogen) atoms. The van der Waals surface area contributed by atoms with Crippen LogP contribution >= 0.6 is 0 Å². The molecule has 1 aromatic heterocycles. The molecule has 0 saturated heterocycles. The molecular formula is C30H33N3O2. The molecule has 1 amide bonds. The molecule has 1 heterocycles. The normalized spacial score (nSPS) is 15.0. The van der Waals surface area contributed by atoms with Crippen LogP contribution in [0.2, 0.25) is 0 Å². The molecule has 1 unspecified atom stereocenters. The van der Waals surface area contributed by atoms with Crippen LogP contribution in [0.4, 0.5) is 0 Å². The Morgan fingerprint density at radius 3 is 2.51 bits per heavy atom. The standard InChI is InChI=1S/C30H33N3O2/c1-3-4-19-32(29(34)23-12-6-7-13-23)21(2)28-31-27-16-10-9-15-26(27)30(35)33(28)25-18-17-22-11-5-8-14-24(22)20-25/h5,8-11,14-18,20-21,23H,3-4,6-7,12-13,19H2,1-2H3. The van der Waals surface area contributed by atoms with E-state index < -0.39 is 0 Å². The Morgan fingerprint density at radius 2 is 1.74 bits per heavy atom. The molecular weight excluding hydrogens is 434 g/mol. The van der Waals surface area contributed by atoms with Crippen molar-refractivity contribution in [3.8, 4) is 5.69 Å².